The first-order valence-electron chi connectivity index (χ1n) is 8.05. The fraction of sp³-hybridized carbons (Fsp3) is 0.316. The number of amides is 1. The Labute approximate surface area is 164 Å². The van der Waals surface area contributed by atoms with Crippen molar-refractivity contribution < 1.29 is 4.79 Å². The van der Waals surface area contributed by atoms with E-state index in [0.717, 1.165) is 0 Å². The molecule has 0 spiro atoms. The molecule has 2 aromatic rings. The van der Waals surface area contributed by atoms with Crippen molar-refractivity contribution in [1.82, 2.24) is 4.90 Å². The zero-order valence-corrected chi connectivity index (χ0v) is 16.0. The van der Waals surface area contributed by atoms with Gasteiger partial charge in [0.25, 0.3) is 0 Å². The fourth-order valence-electron chi connectivity index (χ4n) is 3.36. The van der Waals surface area contributed by atoms with E-state index in [1.165, 1.54) is 5.56 Å². The van der Waals surface area contributed by atoms with Gasteiger partial charge in [-0.05, 0) is 35.7 Å². The Morgan fingerprint density at radius 3 is 2.28 bits per heavy atom. The molecule has 0 bridgehead atoms. The lowest BCUT2D eigenvalue weighted by molar-refractivity contribution is -0.129. The Morgan fingerprint density at radius 1 is 1.04 bits per heavy atom. The summed E-state index contributed by atoms with van der Waals surface area (Å²) in [6.45, 7) is 1.93. The lowest BCUT2D eigenvalue weighted by atomic mass is 9.89. The molecule has 1 amide bonds. The van der Waals surface area contributed by atoms with Crippen LogP contribution < -0.4 is 5.73 Å². The Bertz CT molecular complexity index is 704. The second-order valence-corrected chi connectivity index (χ2v) is 7.00. The molecule has 1 fully saturated rings. The van der Waals surface area contributed by atoms with Crippen molar-refractivity contribution >= 4 is 41.5 Å². The van der Waals surface area contributed by atoms with Crippen LogP contribution in [0.4, 0.5) is 0 Å². The first-order valence-corrected chi connectivity index (χ1v) is 8.81. The molecule has 0 unspecified atom stereocenters. The summed E-state index contributed by atoms with van der Waals surface area (Å²) >= 11 is 12.4. The number of benzene rings is 2. The minimum atomic E-state index is 0. The van der Waals surface area contributed by atoms with Crippen LogP contribution in [0.5, 0.6) is 0 Å². The predicted octanol–water partition coefficient (Wildman–Crippen LogP) is 4.16. The maximum absolute atomic E-state index is 12.7. The van der Waals surface area contributed by atoms with Gasteiger partial charge in [0.05, 0.1) is 6.42 Å². The molecule has 0 radical (unpaired) electrons. The highest BCUT2D eigenvalue weighted by Crippen LogP contribution is 2.33. The number of nitrogens with two attached hydrogens (primary N) is 1. The highest BCUT2D eigenvalue weighted by Gasteiger charge is 2.35. The number of nitrogens with zero attached hydrogens (tertiary/aromatic N) is 1. The van der Waals surface area contributed by atoms with Crippen LogP contribution >= 0.6 is 35.6 Å². The van der Waals surface area contributed by atoms with Gasteiger partial charge in [-0.3, -0.25) is 4.79 Å². The third kappa shape index (κ3) is 4.48. The molecule has 2 N–H and O–H groups in total. The van der Waals surface area contributed by atoms with Crippen LogP contribution in [-0.2, 0) is 11.2 Å². The van der Waals surface area contributed by atoms with Gasteiger partial charge in [0.15, 0.2) is 0 Å². The van der Waals surface area contributed by atoms with Gasteiger partial charge in [0, 0.05) is 29.1 Å². The average molecular weight is 400 g/mol. The largest absolute Gasteiger partial charge is 0.341 e. The zero-order chi connectivity index (χ0) is 17.1. The van der Waals surface area contributed by atoms with Crippen molar-refractivity contribution in [3.05, 3.63) is 69.7 Å². The van der Waals surface area contributed by atoms with Gasteiger partial charge in [0.2, 0.25) is 5.91 Å². The molecule has 3 rings (SSSR count). The molecule has 25 heavy (non-hydrogen) atoms. The van der Waals surface area contributed by atoms with Crippen molar-refractivity contribution in [2.75, 3.05) is 19.6 Å². The smallest absolute Gasteiger partial charge is 0.227 e. The number of carbonyl (C=O) groups is 1. The molecule has 2 aromatic carbocycles. The Kier molecular flexibility index (Phi) is 7.14. The van der Waals surface area contributed by atoms with Gasteiger partial charge in [-0.25, -0.2) is 0 Å². The van der Waals surface area contributed by atoms with Crippen molar-refractivity contribution in [2.24, 2.45) is 11.7 Å². The van der Waals surface area contributed by atoms with E-state index in [1.54, 1.807) is 18.2 Å². The van der Waals surface area contributed by atoms with Gasteiger partial charge in [-0.15, -0.1) is 12.4 Å². The summed E-state index contributed by atoms with van der Waals surface area (Å²) in [5, 5.41) is 1.06. The SMILES string of the molecule is Cl.NC[C@@H]1CN(C(=O)Cc2c(Cl)cccc2Cl)C[C@H]1c1ccccc1. The van der Waals surface area contributed by atoms with E-state index in [2.05, 4.69) is 12.1 Å². The van der Waals surface area contributed by atoms with E-state index in [-0.39, 0.29) is 36.6 Å². The van der Waals surface area contributed by atoms with Crippen molar-refractivity contribution in [3.8, 4) is 0 Å². The first-order chi connectivity index (χ1) is 11.6. The minimum Gasteiger partial charge on any atom is -0.341 e. The van der Waals surface area contributed by atoms with E-state index in [0.29, 0.717) is 35.2 Å². The summed E-state index contributed by atoms with van der Waals surface area (Å²) in [6.07, 6.45) is 0.220. The monoisotopic (exact) mass is 398 g/mol. The van der Waals surface area contributed by atoms with E-state index in [9.17, 15) is 4.79 Å². The van der Waals surface area contributed by atoms with E-state index >= 15 is 0 Å². The maximum atomic E-state index is 12.7. The molecule has 1 saturated heterocycles. The molecular weight excluding hydrogens is 379 g/mol. The second-order valence-electron chi connectivity index (χ2n) is 6.19. The second kappa shape index (κ2) is 8.91. The van der Waals surface area contributed by atoms with E-state index in [4.69, 9.17) is 28.9 Å². The molecule has 2 atom stereocenters. The first kappa shape index (κ1) is 20.1. The number of hydrogen-bond acceptors (Lipinski definition) is 2. The lowest BCUT2D eigenvalue weighted by Gasteiger charge is -2.17. The number of likely N-dealkylation sites (tertiary alicyclic amines) is 1. The van der Waals surface area contributed by atoms with Crippen LogP contribution in [0.15, 0.2) is 48.5 Å². The van der Waals surface area contributed by atoms with Crippen LogP contribution in [0.1, 0.15) is 17.0 Å². The van der Waals surface area contributed by atoms with Gasteiger partial charge in [0.1, 0.15) is 0 Å². The number of carbonyl (C=O) groups excluding carboxylic acids is 1. The number of halogens is 3. The topological polar surface area (TPSA) is 46.3 Å². The van der Waals surface area contributed by atoms with Gasteiger partial charge >= 0.3 is 0 Å². The summed E-state index contributed by atoms with van der Waals surface area (Å²) in [6, 6.07) is 15.6. The number of hydrogen-bond donors (Lipinski definition) is 1. The molecule has 6 heteroatoms. The van der Waals surface area contributed by atoms with Gasteiger partial charge in [-0.1, -0.05) is 59.6 Å². The van der Waals surface area contributed by atoms with Crippen LogP contribution in [0.3, 0.4) is 0 Å². The van der Waals surface area contributed by atoms with Crippen molar-refractivity contribution in [3.63, 3.8) is 0 Å². The molecule has 1 aliphatic rings. The van der Waals surface area contributed by atoms with E-state index in [1.807, 2.05) is 23.1 Å². The molecule has 0 aromatic heterocycles. The minimum absolute atomic E-state index is 0. The molecule has 3 nitrogen and oxygen atoms in total. The van der Waals surface area contributed by atoms with Crippen LogP contribution in [0.2, 0.25) is 10.0 Å². The summed E-state index contributed by atoms with van der Waals surface area (Å²) in [4.78, 5) is 14.6. The summed E-state index contributed by atoms with van der Waals surface area (Å²) in [5.41, 5.74) is 7.87. The molecule has 0 saturated carbocycles. The zero-order valence-electron chi connectivity index (χ0n) is 13.7. The Hall–Kier alpha value is -1.26. The van der Waals surface area contributed by atoms with Crippen LogP contribution in [0.25, 0.3) is 0 Å². The van der Waals surface area contributed by atoms with Gasteiger partial charge in [-0.2, -0.15) is 0 Å². The fourth-order valence-corrected chi connectivity index (χ4v) is 3.89. The summed E-state index contributed by atoms with van der Waals surface area (Å²) in [5.74, 6) is 0.599. The quantitative estimate of drug-likeness (QED) is 0.839. The van der Waals surface area contributed by atoms with E-state index < -0.39 is 0 Å². The standard InChI is InChI=1S/C19H20Cl2N2O.ClH/c20-17-7-4-8-18(21)15(17)9-19(24)23-11-14(10-22)16(12-23)13-5-2-1-3-6-13;/h1-8,14,16H,9-12,22H2;1H/t14-,16+;/m1./s1. The lowest BCUT2D eigenvalue weighted by Crippen LogP contribution is -2.31. The molecule has 0 aliphatic carbocycles. The van der Waals surface area contributed by atoms with Crippen molar-refractivity contribution in [2.45, 2.75) is 12.3 Å². The molecule has 134 valence electrons. The van der Waals surface area contributed by atoms with Crippen LogP contribution in [0, 0.1) is 5.92 Å². The van der Waals surface area contributed by atoms with Crippen molar-refractivity contribution in [1.29, 1.82) is 0 Å². The average Bonchev–Trinajstić information content (AvgIpc) is 3.03. The third-order valence-corrected chi connectivity index (χ3v) is 5.42. The molecular formula is C19H21Cl3N2O. The molecule has 1 aliphatic heterocycles. The maximum Gasteiger partial charge on any atom is 0.227 e. The Morgan fingerprint density at radius 2 is 1.68 bits per heavy atom. The summed E-state index contributed by atoms with van der Waals surface area (Å²) < 4.78 is 0. The predicted molar refractivity (Wildman–Crippen MR) is 106 cm³/mol. The van der Waals surface area contributed by atoms with Gasteiger partial charge < -0.3 is 10.6 Å². The third-order valence-electron chi connectivity index (χ3n) is 4.71. The highest BCUT2D eigenvalue weighted by atomic mass is 35.5. The number of rotatable bonds is 4. The normalized spacial score (nSPS) is 19.6. The molecule has 1 heterocycles. The Balaban J connectivity index is 0.00000225. The summed E-state index contributed by atoms with van der Waals surface area (Å²) in [7, 11) is 0. The highest BCUT2D eigenvalue weighted by molar-refractivity contribution is 6.36. The van der Waals surface area contributed by atoms with Crippen LogP contribution in [-0.4, -0.2) is 30.4 Å².